The van der Waals surface area contributed by atoms with Crippen molar-refractivity contribution in [1.29, 1.82) is 0 Å². The van der Waals surface area contributed by atoms with E-state index in [1.54, 1.807) is 0 Å². The van der Waals surface area contributed by atoms with Crippen LogP contribution < -0.4 is 0 Å². The van der Waals surface area contributed by atoms with Crippen LogP contribution in [0.3, 0.4) is 0 Å². The van der Waals surface area contributed by atoms with Gasteiger partial charge in [-0.2, -0.15) is 4.05 Å². The molecular weight excluding hydrogens is 140 g/mol. The first-order valence-corrected chi connectivity index (χ1v) is 2.38. The Labute approximate surface area is 56.5 Å². The molecule has 0 aromatic rings. The topological polar surface area (TPSA) is 0 Å². The van der Waals surface area contributed by atoms with E-state index >= 15 is 0 Å². The van der Waals surface area contributed by atoms with E-state index in [4.69, 9.17) is 0 Å². The minimum Gasteiger partial charge on any atom is -0.172 e. The zero-order chi connectivity index (χ0) is 3.58. The molecule has 0 bridgehead atoms. The van der Waals surface area contributed by atoms with Crippen molar-refractivity contribution < 1.29 is 0 Å². The van der Waals surface area contributed by atoms with Gasteiger partial charge in [-0.05, 0) is 0 Å². The lowest BCUT2D eigenvalue weighted by Crippen LogP contribution is -1.67. The average molecular weight is 148 g/mol. The number of rotatable bonds is 0. The third-order valence-electron chi connectivity index (χ3n) is 0. The van der Waals surface area contributed by atoms with Crippen LogP contribution in [0.15, 0.2) is 0 Å². The van der Waals surface area contributed by atoms with Crippen LogP contribution in [-0.2, 0) is 0 Å². The first kappa shape index (κ1) is 9.53. The molecule has 0 aromatic heterocycles. The number of hydrogen-bond acceptors (Lipinski definition) is 0. The summed E-state index contributed by atoms with van der Waals surface area (Å²) in [4.78, 5) is 0. The monoisotopic (exact) mass is 147 g/mol. The second kappa shape index (κ2) is 5.25. The summed E-state index contributed by atoms with van der Waals surface area (Å²) >= 11 is 2.00. The lowest BCUT2D eigenvalue weighted by Gasteiger charge is -1.82. The molecule has 0 saturated carbocycles. The highest BCUT2D eigenvalue weighted by Crippen LogP contribution is 1.84. The van der Waals surface area contributed by atoms with Gasteiger partial charge in [0.05, 0.1) is 0 Å². The van der Waals surface area contributed by atoms with E-state index in [9.17, 15) is 0 Å². The molecule has 1 radical (unpaired) electrons. The quantitative estimate of drug-likeness (QED) is 0.457. The minimum atomic E-state index is 0. The Morgan fingerprint density at radius 1 is 1.40 bits per heavy atom. The fourth-order valence-electron chi connectivity index (χ4n) is 0. The van der Waals surface area contributed by atoms with Crippen LogP contribution in [0, 0.1) is 0 Å². The summed E-state index contributed by atoms with van der Waals surface area (Å²) < 4.78 is 0.861. The highest BCUT2D eigenvalue weighted by molar-refractivity contribution is 8.93. The molecule has 0 nitrogen and oxygen atoms in total. The standard InChI is InChI=1S/C3H7.BrH.Mg/c1-3-2;;/h3H,1-2H3;1H;. The van der Waals surface area contributed by atoms with Gasteiger partial charge in [0.25, 0.3) is 0 Å². The van der Waals surface area contributed by atoms with Gasteiger partial charge in [-0.3, -0.25) is 0 Å². The minimum absolute atomic E-state index is 0. The molecule has 5 heavy (non-hydrogen) atoms. The highest BCUT2D eigenvalue weighted by Gasteiger charge is 1.67. The Bertz CT molecular complexity index is 11.6. The van der Waals surface area contributed by atoms with E-state index in [0.717, 1.165) is 4.05 Å². The van der Waals surface area contributed by atoms with E-state index in [-0.39, 0.29) is 17.0 Å². The Kier molecular flexibility index (Phi) is 10.0. The van der Waals surface area contributed by atoms with Crippen LogP contribution in [0.1, 0.15) is 13.8 Å². The largest absolute Gasteiger partial charge is 0.226 e. The lowest BCUT2D eigenvalue weighted by atomic mass is 10.6. The van der Waals surface area contributed by atoms with Crippen LogP contribution >= 0.6 is 17.0 Å². The zero-order valence-electron chi connectivity index (χ0n) is 3.69. The normalized spacial score (nSPS) is 6.80. The average Bonchev–Trinajstić information content (AvgIpc) is 0.811. The van der Waals surface area contributed by atoms with Crippen LogP contribution in [-0.4, -0.2) is 21.7 Å². The molecule has 0 aliphatic rings. The predicted octanol–water partition coefficient (Wildman–Crippen LogP) is 1.56. The van der Waals surface area contributed by atoms with E-state index in [1.165, 1.54) is 0 Å². The van der Waals surface area contributed by atoms with E-state index in [0.29, 0.717) is 0 Å². The third kappa shape index (κ3) is 35.6. The molecule has 0 N–H and O–H groups in total. The lowest BCUT2D eigenvalue weighted by molar-refractivity contribution is 1.08. The first-order chi connectivity index (χ1) is 1.73. The number of halogens is 1. The second-order valence-electron chi connectivity index (χ2n) is 1.39. The van der Waals surface area contributed by atoms with Gasteiger partial charge in [0.15, 0.2) is 0 Å². The Balaban J connectivity index is 0. The van der Waals surface area contributed by atoms with Crippen molar-refractivity contribution in [3.8, 4) is 0 Å². The Morgan fingerprint density at radius 2 is 1.40 bits per heavy atom. The maximum Gasteiger partial charge on any atom is 0.226 e. The van der Waals surface area contributed by atoms with Crippen molar-refractivity contribution in [2.24, 2.45) is 0 Å². The summed E-state index contributed by atoms with van der Waals surface area (Å²) in [5.74, 6) is 0. The van der Waals surface area contributed by atoms with Crippen LogP contribution in [0.5, 0.6) is 0 Å². The molecule has 0 spiro atoms. The number of hydrogen-bond donors (Lipinski definition) is 0. The molecule has 0 aromatic carbocycles. The van der Waals surface area contributed by atoms with Gasteiger partial charge in [0.2, 0.25) is 21.7 Å². The molecule has 0 atom stereocenters. The maximum absolute atomic E-state index is 2.18. The summed E-state index contributed by atoms with van der Waals surface area (Å²) in [6.45, 7) is 4.36. The van der Waals surface area contributed by atoms with Crippen molar-refractivity contribution in [3.05, 3.63) is 0 Å². The molecular formula is C3H8BrMg. The van der Waals surface area contributed by atoms with Crippen LogP contribution in [0.4, 0.5) is 0 Å². The predicted molar refractivity (Wildman–Crippen MR) is 31.2 cm³/mol. The van der Waals surface area contributed by atoms with Gasteiger partial charge in [-0.1, -0.05) is 13.8 Å². The van der Waals surface area contributed by atoms with Crippen LogP contribution in [0.25, 0.3) is 0 Å². The maximum atomic E-state index is 2.18. The van der Waals surface area contributed by atoms with Gasteiger partial charge in [-0.15, -0.1) is 17.0 Å². The zero-order valence-corrected chi connectivity index (χ0v) is 6.82. The van der Waals surface area contributed by atoms with Gasteiger partial charge < -0.3 is 0 Å². The van der Waals surface area contributed by atoms with Crippen molar-refractivity contribution in [1.82, 2.24) is 0 Å². The van der Waals surface area contributed by atoms with E-state index in [2.05, 4.69) is 13.8 Å². The molecule has 0 fully saturated rings. The van der Waals surface area contributed by atoms with Crippen LogP contribution in [0.2, 0.25) is 4.05 Å². The van der Waals surface area contributed by atoms with Gasteiger partial charge in [-0.25, -0.2) is 0 Å². The van der Waals surface area contributed by atoms with Crippen molar-refractivity contribution in [3.63, 3.8) is 0 Å². The van der Waals surface area contributed by atoms with Crippen molar-refractivity contribution in [2.45, 2.75) is 17.9 Å². The molecule has 0 aliphatic carbocycles. The molecule has 0 aliphatic heterocycles. The van der Waals surface area contributed by atoms with Crippen molar-refractivity contribution in [2.75, 3.05) is 0 Å². The highest BCUT2D eigenvalue weighted by atomic mass is 79.9. The van der Waals surface area contributed by atoms with Gasteiger partial charge >= 0.3 is 0 Å². The molecule has 2 heteroatoms. The van der Waals surface area contributed by atoms with Gasteiger partial charge in [0, 0.05) is 0 Å². The summed E-state index contributed by atoms with van der Waals surface area (Å²) in [5.41, 5.74) is 0. The summed E-state index contributed by atoms with van der Waals surface area (Å²) in [7, 11) is 0. The van der Waals surface area contributed by atoms with E-state index in [1.807, 2.05) is 21.7 Å². The van der Waals surface area contributed by atoms with Crippen molar-refractivity contribution >= 4 is 38.7 Å². The molecule has 0 heterocycles. The fourth-order valence-corrected chi connectivity index (χ4v) is 0. The van der Waals surface area contributed by atoms with Gasteiger partial charge in [0.1, 0.15) is 0 Å². The smallest absolute Gasteiger partial charge is 0.172 e. The third-order valence-corrected chi connectivity index (χ3v) is 0. The summed E-state index contributed by atoms with van der Waals surface area (Å²) in [6.07, 6.45) is 0. The molecule has 0 saturated heterocycles. The first-order valence-electron chi connectivity index (χ1n) is 1.56. The molecule has 0 rings (SSSR count). The summed E-state index contributed by atoms with van der Waals surface area (Å²) in [5, 5.41) is 0. The second-order valence-corrected chi connectivity index (χ2v) is 3.03. The van der Waals surface area contributed by atoms with E-state index < -0.39 is 0 Å². The molecule has 0 amide bonds. The molecule has 0 unspecified atom stereocenters. The Morgan fingerprint density at radius 3 is 1.40 bits per heavy atom. The SMILES string of the molecule is Br.C[CH](C)[Mg]. The molecule has 29 valence electrons. The fraction of sp³-hybridized carbons (Fsp3) is 1.00. The summed E-state index contributed by atoms with van der Waals surface area (Å²) in [6, 6.07) is 0. The Hall–Kier alpha value is 1.25.